The van der Waals surface area contributed by atoms with Gasteiger partial charge in [-0.05, 0) is 50.2 Å². The molecule has 3 nitrogen and oxygen atoms in total. The van der Waals surface area contributed by atoms with Gasteiger partial charge in [0, 0.05) is 19.3 Å². The summed E-state index contributed by atoms with van der Waals surface area (Å²) in [4.78, 5) is 2.08. The number of aryl methyl sites for hydroxylation is 2. The molecule has 0 aliphatic heterocycles. The number of nitriles is 1. The molecule has 0 saturated carbocycles. The molecule has 21 heavy (non-hydrogen) atoms. The van der Waals surface area contributed by atoms with Gasteiger partial charge in [0.05, 0.1) is 11.3 Å². The molecule has 108 valence electrons. The van der Waals surface area contributed by atoms with Gasteiger partial charge in [-0.2, -0.15) is 5.26 Å². The second-order valence-electron chi connectivity index (χ2n) is 5.34. The van der Waals surface area contributed by atoms with Crippen molar-refractivity contribution in [3.8, 4) is 6.07 Å². The minimum atomic E-state index is 0.699. The van der Waals surface area contributed by atoms with Crippen molar-refractivity contribution >= 4 is 11.4 Å². The Hall–Kier alpha value is -2.31. The minimum Gasteiger partial charge on any atom is -0.343 e. The summed E-state index contributed by atoms with van der Waals surface area (Å²) in [5.41, 5.74) is 6.33. The Morgan fingerprint density at radius 2 is 1.81 bits per heavy atom. The normalized spacial score (nSPS) is 10.2. The molecule has 0 aliphatic carbocycles. The molecule has 2 aromatic carbocycles. The summed E-state index contributed by atoms with van der Waals surface area (Å²) in [5, 5.41) is 12.5. The summed E-state index contributed by atoms with van der Waals surface area (Å²) in [5.74, 6) is 0. The molecule has 0 aliphatic rings. The van der Waals surface area contributed by atoms with Gasteiger partial charge in [-0.1, -0.05) is 23.8 Å². The van der Waals surface area contributed by atoms with E-state index in [0.717, 1.165) is 23.5 Å². The molecular formula is C18H21N3. The van der Waals surface area contributed by atoms with Crippen molar-refractivity contribution in [1.29, 1.82) is 5.26 Å². The van der Waals surface area contributed by atoms with Crippen LogP contribution >= 0.6 is 0 Å². The molecule has 2 rings (SSSR count). The van der Waals surface area contributed by atoms with E-state index in [1.807, 2.05) is 26.2 Å². The summed E-state index contributed by atoms with van der Waals surface area (Å²) in [6.45, 7) is 4.95. The molecule has 3 heteroatoms. The Morgan fingerprint density at radius 1 is 1.10 bits per heavy atom. The summed E-state index contributed by atoms with van der Waals surface area (Å²) in [6.07, 6.45) is 0. The first-order chi connectivity index (χ1) is 10.1. The average Bonchev–Trinajstić information content (AvgIpc) is 2.47. The van der Waals surface area contributed by atoms with Gasteiger partial charge >= 0.3 is 0 Å². The lowest BCUT2D eigenvalue weighted by atomic mass is 10.1. The lowest BCUT2D eigenvalue weighted by molar-refractivity contribution is 0.817. The molecule has 0 fully saturated rings. The van der Waals surface area contributed by atoms with Crippen molar-refractivity contribution in [3.63, 3.8) is 0 Å². The first-order valence-electron chi connectivity index (χ1n) is 7.05. The van der Waals surface area contributed by atoms with Gasteiger partial charge in [-0.3, -0.25) is 0 Å². The van der Waals surface area contributed by atoms with Gasteiger partial charge < -0.3 is 10.2 Å². The fourth-order valence-electron chi connectivity index (χ4n) is 2.59. The van der Waals surface area contributed by atoms with Crippen LogP contribution in [0.4, 0.5) is 11.4 Å². The fraction of sp³-hybridized carbons (Fsp3) is 0.278. The zero-order chi connectivity index (χ0) is 15.4. The highest BCUT2D eigenvalue weighted by atomic mass is 15.1. The molecule has 0 spiro atoms. The van der Waals surface area contributed by atoms with Crippen LogP contribution in [0.15, 0.2) is 36.4 Å². The highest BCUT2D eigenvalue weighted by Crippen LogP contribution is 2.30. The van der Waals surface area contributed by atoms with Crippen LogP contribution in [0.2, 0.25) is 0 Å². The first kappa shape index (κ1) is 15.1. The van der Waals surface area contributed by atoms with Gasteiger partial charge in [0.15, 0.2) is 0 Å². The van der Waals surface area contributed by atoms with Crippen LogP contribution in [0.1, 0.15) is 22.3 Å². The van der Waals surface area contributed by atoms with E-state index in [1.165, 1.54) is 11.1 Å². The Bertz CT molecular complexity index is 683. The van der Waals surface area contributed by atoms with E-state index < -0.39 is 0 Å². The summed E-state index contributed by atoms with van der Waals surface area (Å²) >= 11 is 0. The molecule has 0 aromatic heterocycles. The van der Waals surface area contributed by atoms with E-state index in [-0.39, 0.29) is 0 Å². The average molecular weight is 279 g/mol. The van der Waals surface area contributed by atoms with Gasteiger partial charge in [0.25, 0.3) is 0 Å². The van der Waals surface area contributed by atoms with E-state index >= 15 is 0 Å². The predicted molar refractivity (Wildman–Crippen MR) is 87.9 cm³/mol. The monoisotopic (exact) mass is 279 g/mol. The molecule has 0 bridgehead atoms. The van der Waals surface area contributed by atoms with Crippen molar-refractivity contribution in [2.24, 2.45) is 0 Å². The van der Waals surface area contributed by atoms with Crippen LogP contribution < -0.4 is 10.2 Å². The molecule has 1 N–H and O–H groups in total. The van der Waals surface area contributed by atoms with Gasteiger partial charge in [-0.25, -0.2) is 0 Å². The molecular weight excluding hydrogens is 258 g/mol. The van der Waals surface area contributed by atoms with Crippen LogP contribution in [0.25, 0.3) is 0 Å². The number of nitrogens with zero attached hydrogens (tertiary/aromatic N) is 2. The van der Waals surface area contributed by atoms with Crippen LogP contribution in [0.3, 0.4) is 0 Å². The van der Waals surface area contributed by atoms with E-state index in [0.29, 0.717) is 5.56 Å². The summed E-state index contributed by atoms with van der Waals surface area (Å²) in [7, 11) is 3.91. The molecule has 2 aromatic rings. The van der Waals surface area contributed by atoms with Crippen LogP contribution in [-0.4, -0.2) is 14.1 Å². The van der Waals surface area contributed by atoms with E-state index in [1.54, 1.807) is 0 Å². The van der Waals surface area contributed by atoms with E-state index in [9.17, 15) is 5.26 Å². The third kappa shape index (κ3) is 3.24. The van der Waals surface area contributed by atoms with Crippen molar-refractivity contribution in [3.05, 3.63) is 58.7 Å². The van der Waals surface area contributed by atoms with E-state index in [2.05, 4.69) is 54.4 Å². The van der Waals surface area contributed by atoms with Gasteiger partial charge in [0.2, 0.25) is 0 Å². The van der Waals surface area contributed by atoms with Crippen molar-refractivity contribution in [2.45, 2.75) is 20.4 Å². The first-order valence-corrected chi connectivity index (χ1v) is 7.05. The van der Waals surface area contributed by atoms with Crippen LogP contribution in [-0.2, 0) is 6.54 Å². The largest absolute Gasteiger partial charge is 0.343 e. The highest BCUT2D eigenvalue weighted by Gasteiger charge is 2.12. The van der Waals surface area contributed by atoms with Crippen LogP contribution in [0, 0.1) is 25.2 Å². The summed E-state index contributed by atoms with van der Waals surface area (Å²) in [6, 6.07) is 14.7. The SMILES string of the molecule is CNCc1ccc(N(C)c2ccc(C)cc2C)c(C#N)c1. The van der Waals surface area contributed by atoms with Gasteiger partial charge in [0.1, 0.15) is 6.07 Å². The molecule has 0 amide bonds. The molecule has 0 saturated heterocycles. The smallest absolute Gasteiger partial charge is 0.101 e. The molecule has 0 atom stereocenters. The zero-order valence-corrected chi connectivity index (χ0v) is 13.1. The third-order valence-corrected chi connectivity index (χ3v) is 3.64. The second-order valence-corrected chi connectivity index (χ2v) is 5.34. The number of hydrogen-bond acceptors (Lipinski definition) is 3. The topological polar surface area (TPSA) is 39.1 Å². The van der Waals surface area contributed by atoms with Crippen LogP contribution in [0.5, 0.6) is 0 Å². The quantitative estimate of drug-likeness (QED) is 0.928. The number of rotatable bonds is 4. The van der Waals surface area contributed by atoms with Crippen molar-refractivity contribution in [1.82, 2.24) is 5.32 Å². The molecule has 0 heterocycles. The minimum absolute atomic E-state index is 0.699. The number of benzene rings is 2. The van der Waals surface area contributed by atoms with Crippen molar-refractivity contribution in [2.75, 3.05) is 19.0 Å². The number of anilines is 2. The van der Waals surface area contributed by atoms with Gasteiger partial charge in [-0.15, -0.1) is 0 Å². The zero-order valence-electron chi connectivity index (χ0n) is 13.1. The third-order valence-electron chi connectivity index (χ3n) is 3.64. The molecule has 0 radical (unpaired) electrons. The lowest BCUT2D eigenvalue weighted by Gasteiger charge is -2.23. The maximum Gasteiger partial charge on any atom is 0.101 e. The predicted octanol–water partition coefficient (Wildman–Crippen LogP) is 3.66. The standard InChI is InChI=1S/C18H21N3/c1-13-5-7-17(14(2)9-13)21(4)18-8-6-15(12-20-3)10-16(18)11-19/h5-10,20H,12H2,1-4H3. The Morgan fingerprint density at radius 3 is 2.43 bits per heavy atom. The van der Waals surface area contributed by atoms with E-state index in [4.69, 9.17) is 0 Å². The fourth-order valence-corrected chi connectivity index (χ4v) is 2.59. The number of nitrogens with one attached hydrogen (secondary N) is 1. The lowest BCUT2D eigenvalue weighted by Crippen LogP contribution is -2.13. The maximum atomic E-state index is 9.42. The summed E-state index contributed by atoms with van der Waals surface area (Å²) < 4.78 is 0. The Labute approximate surface area is 126 Å². The highest BCUT2D eigenvalue weighted by molar-refractivity contribution is 5.71. The maximum absolute atomic E-state index is 9.42. The Balaban J connectivity index is 2.43. The molecule has 0 unspecified atom stereocenters. The number of hydrogen-bond donors (Lipinski definition) is 1. The Kier molecular flexibility index (Phi) is 4.62. The van der Waals surface area contributed by atoms with Crippen molar-refractivity contribution < 1.29 is 0 Å². The second kappa shape index (κ2) is 6.43.